The Bertz CT molecular complexity index is 957. The maximum Gasteiger partial charge on any atom is 0.262 e. The number of carbonyl (C=O) groups is 2. The third kappa shape index (κ3) is 4.67. The number of carbonyl (C=O) groups excluding carboxylic acids is 2. The molecule has 2 aromatic rings. The van der Waals surface area contributed by atoms with Crippen LogP contribution in [0, 0.1) is 18.8 Å². The van der Waals surface area contributed by atoms with E-state index in [1.54, 1.807) is 14.0 Å². The average molecular weight is 421 g/mol. The molecular formula is C20H28N4O4S. The van der Waals surface area contributed by atoms with Crippen LogP contribution < -0.4 is 10.9 Å². The van der Waals surface area contributed by atoms with Gasteiger partial charge in [0.2, 0.25) is 5.91 Å². The Morgan fingerprint density at radius 3 is 2.66 bits per heavy atom. The molecule has 1 aliphatic heterocycles. The summed E-state index contributed by atoms with van der Waals surface area (Å²) in [6.45, 7) is 8.23. The molecule has 9 heteroatoms. The summed E-state index contributed by atoms with van der Waals surface area (Å²) in [5.41, 5.74) is 0.311. The van der Waals surface area contributed by atoms with E-state index in [0.29, 0.717) is 45.6 Å². The molecule has 0 radical (unpaired) electrons. The fourth-order valence-corrected chi connectivity index (χ4v) is 5.00. The van der Waals surface area contributed by atoms with E-state index in [9.17, 15) is 14.4 Å². The largest absolute Gasteiger partial charge is 0.383 e. The molecule has 2 amide bonds. The molecule has 0 spiro atoms. The summed E-state index contributed by atoms with van der Waals surface area (Å²) >= 11 is 1.19. The highest BCUT2D eigenvalue weighted by molar-refractivity contribution is 7.20. The number of nitrogens with one attached hydrogen (secondary N) is 1. The van der Waals surface area contributed by atoms with Gasteiger partial charge in [0, 0.05) is 26.7 Å². The molecule has 0 saturated carbocycles. The summed E-state index contributed by atoms with van der Waals surface area (Å²) in [5, 5.41) is 3.17. The van der Waals surface area contributed by atoms with E-state index in [1.165, 1.54) is 22.2 Å². The Morgan fingerprint density at radius 1 is 1.31 bits per heavy atom. The first-order valence-electron chi connectivity index (χ1n) is 9.85. The average Bonchev–Trinajstić information content (AvgIpc) is 3.00. The Hall–Kier alpha value is -2.26. The minimum atomic E-state index is -0.286. The van der Waals surface area contributed by atoms with Gasteiger partial charge in [0.15, 0.2) is 0 Å². The molecule has 2 atom stereocenters. The third-order valence-electron chi connectivity index (χ3n) is 5.24. The predicted octanol–water partition coefficient (Wildman–Crippen LogP) is 1.65. The van der Waals surface area contributed by atoms with Gasteiger partial charge in [0.05, 0.1) is 23.2 Å². The van der Waals surface area contributed by atoms with Gasteiger partial charge in [0.25, 0.3) is 11.5 Å². The molecule has 8 nitrogen and oxygen atoms in total. The van der Waals surface area contributed by atoms with Crippen molar-refractivity contribution in [2.75, 3.05) is 33.4 Å². The highest BCUT2D eigenvalue weighted by Gasteiger charge is 2.26. The van der Waals surface area contributed by atoms with Crippen molar-refractivity contribution < 1.29 is 14.3 Å². The smallest absolute Gasteiger partial charge is 0.262 e. The number of hydrogen-bond donors (Lipinski definition) is 1. The van der Waals surface area contributed by atoms with Gasteiger partial charge in [-0.15, -0.1) is 11.3 Å². The second kappa shape index (κ2) is 9.04. The summed E-state index contributed by atoms with van der Waals surface area (Å²) in [6.07, 6.45) is 2.52. The number of aromatic nitrogens is 2. The maximum absolute atomic E-state index is 13.0. The van der Waals surface area contributed by atoms with Crippen LogP contribution in [0.4, 0.5) is 0 Å². The first kappa shape index (κ1) is 21.4. The normalized spacial score (nSPS) is 19.5. The first-order valence-corrected chi connectivity index (χ1v) is 10.7. The number of rotatable bonds is 6. The lowest BCUT2D eigenvalue weighted by molar-refractivity contribution is -0.134. The lowest BCUT2D eigenvalue weighted by atomic mass is 9.92. The van der Waals surface area contributed by atoms with Crippen molar-refractivity contribution in [3.8, 4) is 0 Å². The van der Waals surface area contributed by atoms with Crippen LogP contribution >= 0.6 is 11.3 Å². The number of fused-ring (bicyclic) bond motifs is 1. The summed E-state index contributed by atoms with van der Waals surface area (Å²) in [7, 11) is 1.57. The molecule has 29 heavy (non-hydrogen) atoms. The molecule has 2 aromatic heterocycles. The zero-order valence-electron chi connectivity index (χ0n) is 17.4. The molecule has 0 unspecified atom stereocenters. The van der Waals surface area contributed by atoms with Crippen LogP contribution in [-0.4, -0.2) is 59.6 Å². The highest BCUT2D eigenvalue weighted by Crippen LogP contribution is 2.27. The van der Waals surface area contributed by atoms with E-state index in [4.69, 9.17) is 4.74 Å². The number of aryl methyl sites for hydroxylation is 1. The SMILES string of the molecule is COCCNC(=O)c1sc2ncn(CC(=O)N3C[C@H](C)C[C@H](C)C3)c(=O)c2c1C. The van der Waals surface area contributed by atoms with Gasteiger partial charge in [-0.25, -0.2) is 4.98 Å². The van der Waals surface area contributed by atoms with Gasteiger partial charge in [-0.1, -0.05) is 13.8 Å². The van der Waals surface area contributed by atoms with Gasteiger partial charge in [0.1, 0.15) is 11.4 Å². The zero-order valence-corrected chi connectivity index (χ0v) is 18.2. The van der Waals surface area contributed by atoms with E-state index in [1.807, 2.05) is 4.90 Å². The van der Waals surface area contributed by atoms with Crippen molar-refractivity contribution in [2.24, 2.45) is 11.8 Å². The van der Waals surface area contributed by atoms with E-state index in [2.05, 4.69) is 24.1 Å². The number of amides is 2. The second-order valence-corrected chi connectivity index (χ2v) is 8.91. The number of hydrogen-bond acceptors (Lipinski definition) is 6. The Balaban J connectivity index is 1.82. The maximum atomic E-state index is 13.0. The van der Waals surface area contributed by atoms with Crippen LogP contribution in [0.3, 0.4) is 0 Å². The van der Waals surface area contributed by atoms with E-state index in [-0.39, 0.29) is 23.9 Å². The Kier molecular flexibility index (Phi) is 6.69. The zero-order chi connectivity index (χ0) is 21.1. The Labute approximate surface area is 173 Å². The number of ether oxygens (including phenoxy) is 1. The summed E-state index contributed by atoms with van der Waals surface area (Å²) in [5.74, 6) is 0.592. The van der Waals surface area contributed by atoms with Gasteiger partial charge < -0.3 is 15.0 Å². The summed E-state index contributed by atoms with van der Waals surface area (Å²) < 4.78 is 6.29. The van der Waals surface area contributed by atoms with Crippen molar-refractivity contribution in [3.63, 3.8) is 0 Å². The number of piperidine rings is 1. The molecule has 1 saturated heterocycles. The van der Waals surface area contributed by atoms with Crippen LogP contribution in [0.25, 0.3) is 10.2 Å². The van der Waals surface area contributed by atoms with E-state index < -0.39 is 0 Å². The van der Waals surface area contributed by atoms with Gasteiger partial charge >= 0.3 is 0 Å². The van der Waals surface area contributed by atoms with Gasteiger partial charge in [-0.05, 0) is 30.7 Å². The van der Waals surface area contributed by atoms with Crippen molar-refractivity contribution in [2.45, 2.75) is 33.7 Å². The second-order valence-electron chi connectivity index (χ2n) is 7.91. The standard InChI is InChI=1S/C20H28N4O4S/c1-12-7-13(2)9-23(8-12)15(25)10-24-11-22-19-16(20(24)27)14(3)17(29-19)18(26)21-5-6-28-4/h11-13H,5-10H2,1-4H3,(H,21,26)/t12-,13+. The molecule has 0 bridgehead atoms. The molecule has 1 fully saturated rings. The quantitative estimate of drug-likeness (QED) is 0.717. The van der Waals surface area contributed by atoms with Gasteiger partial charge in [-0.2, -0.15) is 0 Å². The molecule has 0 aromatic carbocycles. The number of methoxy groups -OCH3 is 1. The van der Waals surface area contributed by atoms with Gasteiger partial charge in [-0.3, -0.25) is 19.0 Å². The summed E-state index contributed by atoms with van der Waals surface area (Å²) in [6, 6.07) is 0. The Morgan fingerprint density at radius 2 is 2.00 bits per heavy atom. The molecule has 0 aliphatic carbocycles. The lowest BCUT2D eigenvalue weighted by Crippen LogP contribution is -2.44. The molecular weight excluding hydrogens is 392 g/mol. The van der Waals surface area contributed by atoms with Crippen LogP contribution in [-0.2, 0) is 16.1 Å². The molecule has 3 heterocycles. The number of thiophene rings is 1. The van der Waals surface area contributed by atoms with Crippen LogP contribution in [0.1, 0.15) is 35.5 Å². The highest BCUT2D eigenvalue weighted by atomic mass is 32.1. The fraction of sp³-hybridized carbons (Fsp3) is 0.600. The molecule has 1 aliphatic rings. The van der Waals surface area contributed by atoms with Crippen molar-refractivity contribution >= 4 is 33.4 Å². The van der Waals surface area contributed by atoms with Crippen LogP contribution in [0.5, 0.6) is 0 Å². The van der Waals surface area contributed by atoms with Crippen molar-refractivity contribution in [3.05, 3.63) is 27.1 Å². The molecule has 3 rings (SSSR count). The third-order valence-corrected chi connectivity index (χ3v) is 6.44. The number of nitrogens with zero attached hydrogens (tertiary/aromatic N) is 3. The lowest BCUT2D eigenvalue weighted by Gasteiger charge is -2.35. The minimum absolute atomic E-state index is 0.0358. The van der Waals surface area contributed by atoms with Crippen LogP contribution in [0.2, 0.25) is 0 Å². The fourth-order valence-electron chi connectivity index (χ4n) is 3.95. The van der Waals surface area contributed by atoms with Crippen molar-refractivity contribution in [1.82, 2.24) is 19.8 Å². The topological polar surface area (TPSA) is 93.5 Å². The van der Waals surface area contributed by atoms with Crippen molar-refractivity contribution in [1.29, 1.82) is 0 Å². The van der Waals surface area contributed by atoms with E-state index >= 15 is 0 Å². The van der Waals surface area contributed by atoms with E-state index in [0.717, 1.165) is 19.5 Å². The number of likely N-dealkylation sites (tertiary alicyclic amines) is 1. The molecule has 158 valence electrons. The van der Waals surface area contributed by atoms with Crippen LogP contribution in [0.15, 0.2) is 11.1 Å². The monoisotopic (exact) mass is 420 g/mol. The predicted molar refractivity (Wildman–Crippen MR) is 112 cm³/mol. The molecule has 1 N–H and O–H groups in total. The first-order chi connectivity index (χ1) is 13.8. The minimum Gasteiger partial charge on any atom is -0.383 e. The summed E-state index contributed by atoms with van der Waals surface area (Å²) in [4.78, 5) is 45.3.